The zero-order valence-corrected chi connectivity index (χ0v) is 15.7. The summed E-state index contributed by atoms with van der Waals surface area (Å²) in [5.41, 5.74) is 1.24. The first-order valence-corrected chi connectivity index (χ1v) is 9.75. The maximum atomic E-state index is 12.8. The molecule has 0 aliphatic rings. The third-order valence-corrected chi connectivity index (χ3v) is 5.59. The third kappa shape index (κ3) is 3.78. The molecule has 0 radical (unpaired) electrons. The molecule has 1 N–H and O–H groups in total. The number of nitrogens with zero attached hydrogens (tertiary/aromatic N) is 1. The van der Waals surface area contributed by atoms with Gasteiger partial charge in [-0.2, -0.15) is 0 Å². The van der Waals surface area contributed by atoms with Crippen LogP contribution >= 0.6 is 0 Å². The molecule has 1 aromatic heterocycles. The van der Waals surface area contributed by atoms with Gasteiger partial charge in [-0.15, -0.1) is 0 Å². The summed E-state index contributed by atoms with van der Waals surface area (Å²) in [6, 6.07) is 18.2. The number of aromatic nitrogens is 1. The van der Waals surface area contributed by atoms with E-state index >= 15 is 0 Å². The molecule has 0 fully saturated rings. The molecule has 3 aromatic rings. The van der Waals surface area contributed by atoms with Crippen molar-refractivity contribution in [2.45, 2.75) is 19.3 Å². The van der Waals surface area contributed by atoms with Crippen molar-refractivity contribution < 1.29 is 9.59 Å². The fraction of sp³-hybridized carbons (Fsp3) is 0.150. The van der Waals surface area contributed by atoms with Gasteiger partial charge in [0.05, 0.1) is 0 Å². The van der Waals surface area contributed by atoms with Gasteiger partial charge in [0.2, 0.25) is 0 Å². The van der Waals surface area contributed by atoms with Gasteiger partial charge in [-0.3, -0.25) is 0 Å². The van der Waals surface area contributed by atoms with Gasteiger partial charge in [0.15, 0.2) is 0 Å². The number of hydrogen-bond acceptors (Lipinski definition) is 3. The Morgan fingerprint density at radius 2 is 1.48 bits per heavy atom. The second-order valence-electron chi connectivity index (χ2n) is 6.18. The number of rotatable bonds is 5. The SMILES string of the molecule is CC(C)(C(=O)c1ccccc1)c1c[se]c(NC(=O)c2ccccc2)n1. The Labute approximate surface area is 152 Å². The van der Waals surface area contributed by atoms with Crippen LogP contribution in [0.4, 0.5) is 4.69 Å². The van der Waals surface area contributed by atoms with Gasteiger partial charge in [-0.05, 0) is 0 Å². The first-order valence-electron chi connectivity index (χ1n) is 7.91. The second-order valence-corrected chi connectivity index (χ2v) is 7.98. The quantitative estimate of drug-likeness (QED) is 0.529. The molecule has 0 bridgehead atoms. The molecule has 0 saturated heterocycles. The first-order chi connectivity index (χ1) is 12.0. The molecule has 1 heterocycles. The summed E-state index contributed by atoms with van der Waals surface area (Å²) in [5.74, 6) is -0.155. The Balaban J connectivity index is 1.78. The number of nitrogens with one attached hydrogen (secondary N) is 1. The van der Waals surface area contributed by atoms with Gasteiger partial charge in [0.25, 0.3) is 0 Å². The van der Waals surface area contributed by atoms with Crippen molar-refractivity contribution in [2.24, 2.45) is 0 Å². The summed E-state index contributed by atoms with van der Waals surface area (Å²) in [6.45, 7) is 3.74. The number of amides is 1. The van der Waals surface area contributed by atoms with E-state index in [0.717, 1.165) is 0 Å². The molecule has 126 valence electrons. The minimum atomic E-state index is -0.734. The molecule has 0 aliphatic heterocycles. The summed E-state index contributed by atoms with van der Waals surface area (Å²) in [6.07, 6.45) is 0. The molecule has 3 rings (SSSR count). The van der Waals surface area contributed by atoms with Crippen molar-refractivity contribution in [3.05, 3.63) is 82.4 Å². The number of carbonyl (C=O) groups is 2. The Morgan fingerprint density at radius 3 is 2.08 bits per heavy atom. The molecular formula is C20H18N2O2Se. The Kier molecular flexibility index (Phi) is 4.98. The van der Waals surface area contributed by atoms with Crippen molar-refractivity contribution in [3.63, 3.8) is 0 Å². The van der Waals surface area contributed by atoms with Gasteiger partial charge in [0, 0.05) is 0 Å². The summed E-state index contributed by atoms with van der Waals surface area (Å²) in [5, 5.41) is 2.85. The molecule has 25 heavy (non-hydrogen) atoms. The van der Waals surface area contributed by atoms with Gasteiger partial charge in [-0.25, -0.2) is 0 Å². The van der Waals surface area contributed by atoms with Gasteiger partial charge in [0.1, 0.15) is 0 Å². The van der Waals surface area contributed by atoms with E-state index in [1.165, 1.54) is 0 Å². The molecule has 4 nitrogen and oxygen atoms in total. The van der Waals surface area contributed by atoms with E-state index in [1.807, 2.05) is 67.3 Å². The zero-order valence-electron chi connectivity index (χ0n) is 14.0. The predicted octanol–water partition coefficient (Wildman–Crippen LogP) is 3.55. The van der Waals surface area contributed by atoms with Crippen LogP contribution in [0.1, 0.15) is 40.3 Å². The third-order valence-electron chi connectivity index (χ3n) is 4.00. The van der Waals surface area contributed by atoms with E-state index in [9.17, 15) is 9.59 Å². The number of hydrogen-bond donors (Lipinski definition) is 1. The molecular weight excluding hydrogens is 379 g/mol. The Hall–Kier alpha value is -2.49. The number of Topliss-reactive ketones (excluding diaryl/α,β-unsaturated/α-hetero) is 1. The molecule has 1 amide bonds. The van der Waals surface area contributed by atoms with Crippen molar-refractivity contribution in [1.29, 1.82) is 0 Å². The van der Waals surface area contributed by atoms with Crippen molar-refractivity contribution >= 4 is 30.9 Å². The zero-order chi connectivity index (χ0) is 17.9. The molecule has 2 aromatic carbocycles. The van der Waals surface area contributed by atoms with E-state index in [1.54, 1.807) is 12.1 Å². The monoisotopic (exact) mass is 398 g/mol. The second kappa shape index (κ2) is 7.18. The summed E-state index contributed by atoms with van der Waals surface area (Å²) < 4.78 is 0.630. The predicted molar refractivity (Wildman–Crippen MR) is 99.4 cm³/mol. The van der Waals surface area contributed by atoms with Gasteiger partial charge >= 0.3 is 152 Å². The number of carbonyl (C=O) groups excluding carboxylic acids is 2. The van der Waals surface area contributed by atoms with E-state index in [-0.39, 0.29) is 26.2 Å². The minimum absolute atomic E-state index is 0.0227. The number of anilines is 1. The molecule has 0 spiro atoms. The number of benzene rings is 2. The standard InChI is InChI=1S/C20H18N2O2Se/c1-20(2,17(23)14-9-5-3-6-10-14)16-13-25-19(21-16)22-18(24)15-11-7-4-8-12-15/h3-13H,1-2H3,(H,21,22,24). The molecule has 0 unspecified atom stereocenters. The van der Waals surface area contributed by atoms with E-state index in [4.69, 9.17) is 0 Å². The van der Waals surface area contributed by atoms with Crippen LogP contribution < -0.4 is 5.32 Å². The van der Waals surface area contributed by atoms with Gasteiger partial charge in [-0.1, -0.05) is 0 Å². The molecule has 5 heteroatoms. The first kappa shape index (κ1) is 17.3. The Morgan fingerprint density at radius 1 is 0.920 bits per heavy atom. The normalized spacial score (nSPS) is 11.1. The van der Waals surface area contributed by atoms with Crippen LogP contribution in [0.15, 0.2) is 65.6 Å². The Bertz CT molecular complexity index is 886. The van der Waals surface area contributed by atoms with Gasteiger partial charge < -0.3 is 0 Å². The average Bonchev–Trinajstić information content (AvgIpc) is 3.12. The average molecular weight is 397 g/mol. The van der Waals surface area contributed by atoms with Crippen LogP contribution in [-0.4, -0.2) is 31.2 Å². The van der Waals surface area contributed by atoms with Crippen molar-refractivity contribution in [2.75, 3.05) is 5.32 Å². The van der Waals surface area contributed by atoms with Crippen LogP contribution in [0.3, 0.4) is 0 Å². The summed E-state index contributed by atoms with van der Waals surface area (Å²) in [4.78, 5) is 31.5. The molecule has 0 atom stereocenters. The molecule has 0 aliphatic carbocycles. The van der Waals surface area contributed by atoms with Crippen LogP contribution in [0.5, 0.6) is 0 Å². The number of ketones is 1. The summed E-state index contributed by atoms with van der Waals surface area (Å²) >= 11 is -0.0893. The summed E-state index contributed by atoms with van der Waals surface area (Å²) in [7, 11) is 0. The van der Waals surface area contributed by atoms with E-state index < -0.39 is 5.41 Å². The fourth-order valence-electron chi connectivity index (χ4n) is 2.44. The fourth-order valence-corrected chi connectivity index (χ4v) is 4.28. The topological polar surface area (TPSA) is 59.1 Å². The molecule has 0 saturated carbocycles. The van der Waals surface area contributed by atoms with Crippen LogP contribution in [0, 0.1) is 0 Å². The van der Waals surface area contributed by atoms with Crippen molar-refractivity contribution in [3.8, 4) is 0 Å². The van der Waals surface area contributed by atoms with E-state index in [0.29, 0.717) is 21.5 Å². The van der Waals surface area contributed by atoms with E-state index in [2.05, 4.69) is 10.3 Å². The maximum absolute atomic E-state index is 12.8. The van der Waals surface area contributed by atoms with Crippen LogP contribution in [0.2, 0.25) is 0 Å². The van der Waals surface area contributed by atoms with Crippen molar-refractivity contribution in [1.82, 2.24) is 4.98 Å². The van der Waals surface area contributed by atoms with Crippen LogP contribution in [-0.2, 0) is 5.41 Å². The van der Waals surface area contributed by atoms with Crippen LogP contribution in [0.25, 0.3) is 0 Å².